The molecule has 5 N–H and O–H groups in total. The van der Waals surface area contributed by atoms with Crippen LogP contribution in [0.3, 0.4) is 0 Å². The molecule has 15 heavy (non-hydrogen) atoms. The van der Waals surface area contributed by atoms with E-state index in [2.05, 4.69) is 10.3 Å². The number of aliphatic hydroxyl groups is 2. The fraction of sp³-hybridized carbons (Fsp3) is 0.333. The highest BCUT2D eigenvalue weighted by Gasteiger charge is 2.10. The monoisotopic (exact) mass is 208 g/mol. The topological polar surface area (TPSA) is 115 Å². The highest BCUT2D eigenvalue weighted by molar-refractivity contribution is 5.69. The van der Waals surface area contributed by atoms with Crippen molar-refractivity contribution < 1.29 is 10.2 Å². The summed E-state index contributed by atoms with van der Waals surface area (Å²) in [5.41, 5.74) is 6.16. The number of anilines is 2. The lowest BCUT2D eigenvalue weighted by atomic mass is 10.2. The van der Waals surface area contributed by atoms with E-state index in [0.717, 1.165) is 0 Å². The first-order valence-electron chi connectivity index (χ1n) is 4.35. The van der Waals surface area contributed by atoms with Crippen molar-refractivity contribution in [2.75, 3.05) is 24.3 Å². The molecule has 0 saturated carbocycles. The Morgan fingerprint density at radius 3 is 2.73 bits per heavy atom. The molecule has 0 radical (unpaired) electrons. The maximum absolute atomic E-state index is 8.85. The number of nitrogens with two attached hydrogens (primary N) is 1. The van der Waals surface area contributed by atoms with Crippen LogP contribution >= 0.6 is 0 Å². The summed E-state index contributed by atoms with van der Waals surface area (Å²) in [6, 6.07) is 2.87. The van der Waals surface area contributed by atoms with Gasteiger partial charge in [0.2, 0.25) is 0 Å². The van der Waals surface area contributed by atoms with E-state index in [1.54, 1.807) is 0 Å². The van der Waals surface area contributed by atoms with Crippen molar-refractivity contribution in [3.8, 4) is 6.07 Å². The van der Waals surface area contributed by atoms with Crippen LogP contribution < -0.4 is 11.1 Å². The van der Waals surface area contributed by atoms with Crippen LogP contribution in [0.2, 0.25) is 0 Å². The van der Waals surface area contributed by atoms with Gasteiger partial charge in [-0.05, 0) is 6.07 Å². The van der Waals surface area contributed by atoms with E-state index >= 15 is 0 Å². The van der Waals surface area contributed by atoms with Crippen molar-refractivity contribution in [3.05, 3.63) is 17.8 Å². The number of aliphatic hydroxyl groups excluding tert-OH is 2. The first kappa shape index (κ1) is 11.2. The van der Waals surface area contributed by atoms with E-state index in [9.17, 15) is 0 Å². The molecule has 0 saturated heterocycles. The van der Waals surface area contributed by atoms with E-state index in [4.69, 9.17) is 21.2 Å². The van der Waals surface area contributed by atoms with E-state index in [0.29, 0.717) is 11.4 Å². The number of pyridine rings is 1. The zero-order chi connectivity index (χ0) is 11.3. The second kappa shape index (κ2) is 5.14. The lowest BCUT2D eigenvalue weighted by Gasteiger charge is -2.15. The molecule has 0 aromatic carbocycles. The normalized spacial score (nSPS) is 10.0. The molecular weight excluding hydrogens is 196 g/mol. The summed E-state index contributed by atoms with van der Waals surface area (Å²) >= 11 is 0. The van der Waals surface area contributed by atoms with Gasteiger partial charge in [0, 0.05) is 6.20 Å². The van der Waals surface area contributed by atoms with Gasteiger partial charge in [0.05, 0.1) is 30.5 Å². The van der Waals surface area contributed by atoms with Crippen LogP contribution in [0.15, 0.2) is 12.3 Å². The Morgan fingerprint density at radius 1 is 1.53 bits per heavy atom. The smallest absolute Gasteiger partial charge is 0.150 e. The number of rotatable bonds is 4. The molecule has 1 aromatic rings. The molecule has 80 valence electrons. The third kappa shape index (κ3) is 2.56. The molecule has 1 heterocycles. The Kier molecular flexibility index (Phi) is 3.85. The minimum absolute atomic E-state index is 0.215. The summed E-state index contributed by atoms with van der Waals surface area (Å²) in [5.74, 6) is 0.294. The number of hydrogen-bond donors (Lipinski definition) is 4. The number of hydrogen-bond acceptors (Lipinski definition) is 6. The maximum atomic E-state index is 8.85. The molecule has 1 aromatic heterocycles. The summed E-state index contributed by atoms with van der Waals surface area (Å²) in [5, 5.41) is 29.1. The predicted octanol–water partition coefficient (Wildman–Crippen LogP) is -0.699. The zero-order valence-corrected chi connectivity index (χ0v) is 8.01. The summed E-state index contributed by atoms with van der Waals surface area (Å²) in [6.45, 7) is -0.483. The van der Waals surface area contributed by atoms with Gasteiger partial charge in [-0.15, -0.1) is 0 Å². The number of nitrogens with one attached hydrogen (secondary N) is 1. The molecule has 0 spiro atoms. The van der Waals surface area contributed by atoms with Gasteiger partial charge < -0.3 is 21.3 Å². The SMILES string of the molecule is N#Cc1ccnc(NC(CO)CO)c1N. The molecule has 0 fully saturated rings. The maximum Gasteiger partial charge on any atom is 0.150 e. The number of nitrogens with zero attached hydrogens (tertiary/aromatic N) is 2. The van der Waals surface area contributed by atoms with Crippen molar-refractivity contribution in [1.82, 2.24) is 4.98 Å². The molecular formula is C9H12N4O2. The van der Waals surface area contributed by atoms with Gasteiger partial charge in [0.25, 0.3) is 0 Å². The van der Waals surface area contributed by atoms with E-state index in [-0.39, 0.29) is 18.9 Å². The third-order valence-corrected chi connectivity index (χ3v) is 1.89. The van der Waals surface area contributed by atoms with Crippen LogP contribution in [-0.4, -0.2) is 34.5 Å². The zero-order valence-electron chi connectivity index (χ0n) is 8.01. The van der Waals surface area contributed by atoms with Crippen molar-refractivity contribution in [2.24, 2.45) is 0 Å². The van der Waals surface area contributed by atoms with Gasteiger partial charge in [-0.25, -0.2) is 4.98 Å². The predicted molar refractivity (Wildman–Crippen MR) is 54.9 cm³/mol. The van der Waals surface area contributed by atoms with Crippen molar-refractivity contribution in [1.29, 1.82) is 5.26 Å². The minimum atomic E-state index is -0.534. The summed E-state index contributed by atoms with van der Waals surface area (Å²) in [6.07, 6.45) is 1.43. The highest BCUT2D eigenvalue weighted by Crippen LogP contribution is 2.19. The van der Waals surface area contributed by atoms with Gasteiger partial charge >= 0.3 is 0 Å². The number of nitrogen functional groups attached to an aromatic ring is 1. The standard InChI is InChI=1S/C9H12N4O2/c10-3-6-1-2-12-9(8(6)11)13-7(4-14)5-15/h1-2,7,14-15H,4-5,11H2,(H,12,13). The second-order valence-corrected chi connectivity index (χ2v) is 2.94. The molecule has 0 aliphatic carbocycles. The van der Waals surface area contributed by atoms with Gasteiger partial charge in [0.1, 0.15) is 6.07 Å². The second-order valence-electron chi connectivity index (χ2n) is 2.94. The van der Waals surface area contributed by atoms with Crippen LogP contribution in [0, 0.1) is 11.3 Å². The minimum Gasteiger partial charge on any atom is -0.395 e. The summed E-state index contributed by atoms with van der Waals surface area (Å²) in [7, 11) is 0. The largest absolute Gasteiger partial charge is 0.395 e. The first-order valence-corrected chi connectivity index (χ1v) is 4.35. The number of aromatic nitrogens is 1. The lowest BCUT2D eigenvalue weighted by molar-refractivity contribution is 0.203. The molecule has 1 rings (SSSR count). The van der Waals surface area contributed by atoms with Crippen LogP contribution in [0.5, 0.6) is 0 Å². The molecule has 0 bridgehead atoms. The Morgan fingerprint density at radius 2 is 2.20 bits per heavy atom. The van der Waals surface area contributed by atoms with Crippen LogP contribution in [0.1, 0.15) is 5.56 Å². The molecule has 0 amide bonds. The van der Waals surface area contributed by atoms with Crippen LogP contribution in [0.4, 0.5) is 11.5 Å². The van der Waals surface area contributed by atoms with Gasteiger partial charge in [-0.3, -0.25) is 0 Å². The van der Waals surface area contributed by atoms with Crippen molar-refractivity contribution in [3.63, 3.8) is 0 Å². The highest BCUT2D eigenvalue weighted by atomic mass is 16.3. The average molecular weight is 208 g/mol. The lowest BCUT2D eigenvalue weighted by Crippen LogP contribution is -2.28. The van der Waals surface area contributed by atoms with Crippen molar-refractivity contribution >= 4 is 11.5 Å². The van der Waals surface area contributed by atoms with Gasteiger partial charge in [0.15, 0.2) is 5.82 Å². The molecule has 0 unspecified atom stereocenters. The first-order chi connectivity index (χ1) is 7.22. The van der Waals surface area contributed by atoms with Crippen LogP contribution in [-0.2, 0) is 0 Å². The molecule has 0 atom stereocenters. The Labute approximate surface area is 87.0 Å². The fourth-order valence-corrected chi connectivity index (χ4v) is 1.03. The Balaban J connectivity index is 2.91. The van der Waals surface area contributed by atoms with Gasteiger partial charge in [-0.1, -0.05) is 0 Å². The Bertz CT molecular complexity index is 371. The molecule has 0 aliphatic rings. The van der Waals surface area contributed by atoms with E-state index < -0.39 is 6.04 Å². The summed E-state index contributed by atoms with van der Waals surface area (Å²) in [4.78, 5) is 3.91. The van der Waals surface area contributed by atoms with E-state index in [1.807, 2.05) is 6.07 Å². The third-order valence-electron chi connectivity index (χ3n) is 1.89. The van der Waals surface area contributed by atoms with Gasteiger partial charge in [-0.2, -0.15) is 5.26 Å². The van der Waals surface area contributed by atoms with Crippen LogP contribution in [0.25, 0.3) is 0 Å². The quantitative estimate of drug-likeness (QED) is 0.520. The summed E-state index contributed by atoms with van der Waals surface area (Å²) < 4.78 is 0. The van der Waals surface area contributed by atoms with Crippen molar-refractivity contribution in [2.45, 2.75) is 6.04 Å². The average Bonchev–Trinajstić information content (AvgIpc) is 2.28. The molecule has 0 aliphatic heterocycles. The number of nitriles is 1. The molecule has 6 heteroatoms. The fourth-order valence-electron chi connectivity index (χ4n) is 1.03. The van der Waals surface area contributed by atoms with E-state index in [1.165, 1.54) is 12.3 Å². The Hall–Kier alpha value is -1.84. The molecule has 6 nitrogen and oxygen atoms in total.